The van der Waals surface area contributed by atoms with Gasteiger partial charge in [0, 0.05) is 27.3 Å². The molecule has 0 saturated carbocycles. The van der Waals surface area contributed by atoms with Crippen LogP contribution in [-0.4, -0.2) is 0 Å². The van der Waals surface area contributed by atoms with Gasteiger partial charge >= 0.3 is 0 Å². The van der Waals surface area contributed by atoms with Crippen LogP contribution in [0.2, 0.25) is 0 Å². The lowest BCUT2D eigenvalue weighted by atomic mass is 9.85. The van der Waals surface area contributed by atoms with Crippen molar-refractivity contribution in [3.63, 3.8) is 0 Å². The van der Waals surface area contributed by atoms with Crippen LogP contribution in [0.15, 0.2) is 178 Å². The molecule has 0 bridgehead atoms. The molecule has 0 unspecified atom stereocenters. The molecule has 0 spiro atoms. The third kappa shape index (κ3) is 4.00. The van der Waals surface area contributed by atoms with Gasteiger partial charge in [-0.1, -0.05) is 151 Å². The van der Waals surface area contributed by atoms with Gasteiger partial charge in [0.25, 0.3) is 0 Å². The molecule has 8 aromatic carbocycles. The zero-order valence-corrected chi connectivity index (χ0v) is 23.8. The second-order valence-electron chi connectivity index (χ2n) is 10.3. The molecule has 0 aliphatic heterocycles. The summed E-state index contributed by atoms with van der Waals surface area (Å²) >= 11 is 0. The number of furan rings is 2. The van der Waals surface area contributed by atoms with Crippen LogP contribution in [0.25, 0.3) is 99.2 Å². The Hall–Kier alpha value is -6.38. The summed E-state index contributed by atoms with van der Waals surface area (Å²) in [6.45, 7) is 0. The molecule has 0 atom stereocenters. The van der Waals surface area contributed by atoms with Crippen molar-refractivity contribution in [1.82, 2.24) is 0 Å². The van der Waals surface area contributed by atoms with E-state index in [4.69, 9.17) is 37.6 Å². The van der Waals surface area contributed by atoms with Gasteiger partial charge in [0.1, 0.15) is 22.5 Å². The van der Waals surface area contributed by atoms with E-state index in [1.54, 1.807) is 0 Å². The first-order valence-electron chi connectivity index (χ1n) is 28.1. The Bertz CT molecular complexity index is 4270. The van der Waals surface area contributed by atoms with Crippen LogP contribution in [0.3, 0.4) is 0 Å². The Labute approximate surface area is 316 Å². The van der Waals surface area contributed by atoms with Crippen molar-refractivity contribution in [2.24, 2.45) is 0 Å². The van der Waals surface area contributed by atoms with E-state index >= 15 is 0 Å². The maximum Gasteiger partial charge on any atom is 0.143 e. The second kappa shape index (κ2) is 10.6. The second-order valence-corrected chi connectivity index (χ2v) is 10.3. The van der Waals surface area contributed by atoms with Crippen molar-refractivity contribution in [3.8, 4) is 44.7 Å². The zero-order chi connectivity index (χ0) is 56.0. The summed E-state index contributed by atoms with van der Waals surface area (Å²) in [6.07, 6.45) is 0. The molecule has 0 N–H and O–H groups in total. The number of hydrogen-bond acceptors (Lipinski definition) is 2. The van der Waals surface area contributed by atoms with Crippen molar-refractivity contribution in [3.05, 3.63) is 169 Å². The highest BCUT2D eigenvalue weighted by molar-refractivity contribution is 6.26. The third-order valence-electron chi connectivity index (χ3n) is 7.76. The Morgan fingerprint density at radius 1 is 0.333 bits per heavy atom. The fraction of sp³-hybridized carbons (Fsp3) is 0. The summed E-state index contributed by atoms with van der Waals surface area (Å²) < 4.78 is 262. The molecule has 0 fully saturated rings. The molecule has 2 nitrogen and oxygen atoms in total. The molecule has 0 saturated heterocycles. The first kappa shape index (κ1) is 11.1. The van der Waals surface area contributed by atoms with Crippen LogP contribution in [0.5, 0.6) is 0 Å². The van der Waals surface area contributed by atoms with E-state index in [0.29, 0.717) is 0 Å². The predicted octanol–water partition coefficient (Wildman–Crippen LogP) is 13.3. The summed E-state index contributed by atoms with van der Waals surface area (Å²) in [5, 5.41) is -4.63. The first-order chi connectivity index (χ1) is 35.5. The average molecular weight is 641 g/mol. The third-order valence-corrected chi connectivity index (χ3v) is 7.76. The molecular formula is C46H28O2. The lowest BCUT2D eigenvalue weighted by Crippen LogP contribution is -1.91. The van der Waals surface area contributed by atoms with Gasteiger partial charge in [0.05, 0.1) is 38.4 Å². The maximum absolute atomic E-state index is 9.88. The Balaban J connectivity index is 1.52. The van der Waals surface area contributed by atoms with Crippen LogP contribution >= 0.6 is 0 Å². The minimum Gasteiger partial charge on any atom is -0.456 e. The van der Waals surface area contributed by atoms with Gasteiger partial charge in [-0.2, -0.15) is 0 Å². The molecule has 2 heterocycles. The van der Waals surface area contributed by atoms with Gasteiger partial charge in [0.15, 0.2) is 0 Å². The molecule has 2 aromatic heterocycles. The number of hydrogen-bond donors (Lipinski definition) is 0. The van der Waals surface area contributed by atoms with Gasteiger partial charge < -0.3 is 8.83 Å². The molecule has 0 aliphatic carbocycles. The van der Waals surface area contributed by atoms with E-state index in [0.717, 1.165) is 0 Å². The van der Waals surface area contributed by atoms with Gasteiger partial charge in [-0.05, 0) is 67.5 Å². The Morgan fingerprint density at radius 2 is 0.812 bits per heavy atom. The maximum atomic E-state index is 9.88. The van der Waals surface area contributed by atoms with E-state index in [-0.39, 0.29) is 0 Å². The van der Waals surface area contributed by atoms with E-state index in [9.17, 15) is 9.60 Å². The monoisotopic (exact) mass is 640 g/mol. The van der Waals surface area contributed by atoms with Crippen LogP contribution in [0.4, 0.5) is 0 Å². The molecule has 2 heteroatoms. The normalized spacial score (nSPS) is 19.9. The number of benzene rings is 8. The van der Waals surface area contributed by atoms with Gasteiger partial charge in [0.2, 0.25) is 0 Å². The smallest absolute Gasteiger partial charge is 0.143 e. The Morgan fingerprint density at radius 3 is 1.42 bits per heavy atom. The van der Waals surface area contributed by atoms with Gasteiger partial charge in [-0.3, -0.25) is 0 Å². The summed E-state index contributed by atoms with van der Waals surface area (Å²) in [6, 6.07) is -26.2. The highest BCUT2D eigenvalue weighted by Crippen LogP contribution is 2.48. The summed E-state index contributed by atoms with van der Waals surface area (Å²) in [7, 11) is 0. The molecule has 0 radical (unpaired) electrons. The molecular weight excluding hydrogens is 585 g/mol. The standard InChI is InChI=1S/C46H28O2/c1-4-15-29(16-5-1)42-32-21-10-12-23-34(32)44(35-24-13-11-22-33(35)42)36-25-14-26-39-45(36)38-28-41-37(27-40(38)47-39)43(30-17-6-2-7-18-30)46(48-41)31-19-8-3-9-20-31/h1-28H/i1D,2D,3D,4D,5D,6D,7D,8D,9D,10D,11D,12D,13D,14D,15D,16D,17D,18D,19D,20D,21D,22D,23D,24D,25D,26D,27D,28D. The van der Waals surface area contributed by atoms with Crippen molar-refractivity contribution < 1.29 is 47.2 Å². The highest BCUT2D eigenvalue weighted by atomic mass is 16.3. The average Bonchev–Trinajstić information content (AvgIpc) is 4.11. The van der Waals surface area contributed by atoms with Crippen LogP contribution in [0.1, 0.15) is 38.4 Å². The van der Waals surface area contributed by atoms with Crippen LogP contribution in [-0.2, 0) is 0 Å². The lowest BCUT2D eigenvalue weighted by molar-refractivity contribution is 0.632. The van der Waals surface area contributed by atoms with Crippen molar-refractivity contribution in [2.75, 3.05) is 0 Å². The molecule has 10 rings (SSSR count). The summed E-state index contributed by atoms with van der Waals surface area (Å²) in [5.41, 5.74) is -7.15. The number of fused-ring (bicyclic) bond motifs is 6. The van der Waals surface area contributed by atoms with Crippen molar-refractivity contribution in [1.29, 1.82) is 0 Å². The topological polar surface area (TPSA) is 26.3 Å². The van der Waals surface area contributed by atoms with E-state index in [1.807, 2.05) is 0 Å². The molecule has 224 valence electrons. The molecule has 48 heavy (non-hydrogen) atoms. The fourth-order valence-corrected chi connectivity index (χ4v) is 5.88. The van der Waals surface area contributed by atoms with E-state index < -0.39 is 268 Å². The molecule has 0 aliphatic rings. The molecule has 10 aromatic rings. The quantitative estimate of drug-likeness (QED) is 0.179. The Kier molecular flexibility index (Phi) is 2.45. The highest BCUT2D eigenvalue weighted by Gasteiger charge is 2.23. The van der Waals surface area contributed by atoms with E-state index in [2.05, 4.69) is 0 Å². The largest absolute Gasteiger partial charge is 0.456 e. The zero-order valence-electron chi connectivity index (χ0n) is 51.8. The van der Waals surface area contributed by atoms with Crippen molar-refractivity contribution in [2.45, 2.75) is 0 Å². The minimum atomic E-state index is -0.997. The lowest BCUT2D eigenvalue weighted by Gasteiger charge is -2.18. The SMILES string of the molecule is [2H]c1c([2H])c([2H])c(-c2oc3c([2H])c4c(oc5c([2H])c([2H])c([2H])c(-c6c7c([2H])c([2H])c([2H])c([2H])c7c(-c7c([2H])c([2H])c([2H])c([2H])c7[2H])c7c([2H])c([2H])c([2H])c([2H])c67)c54)c([2H])c3c2-c2c([2H])c([2H])c([2H])c([2H])c2[2H])c([2H])c1[2H]. The van der Waals surface area contributed by atoms with Gasteiger partial charge in [-0.25, -0.2) is 0 Å². The first-order valence-corrected chi connectivity index (χ1v) is 14.1. The fourth-order valence-electron chi connectivity index (χ4n) is 5.88. The number of rotatable bonds is 4. The minimum absolute atomic E-state index is 0.593. The summed E-state index contributed by atoms with van der Waals surface area (Å²) in [4.78, 5) is 0. The van der Waals surface area contributed by atoms with Gasteiger partial charge in [-0.15, -0.1) is 0 Å². The van der Waals surface area contributed by atoms with Crippen LogP contribution < -0.4 is 0 Å². The molecule has 0 amide bonds. The summed E-state index contributed by atoms with van der Waals surface area (Å²) in [5.74, 6) is -0.785. The van der Waals surface area contributed by atoms with E-state index in [1.165, 1.54) is 0 Å². The predicted molar refractivity (Wildman–Crippen MR) is 200 cm³/mol. The van der Waals surface area contributed by atoms with Crippen LogP contribution in [0, 0.1) is 0 Å². The van der Waals surface area contributed by atoms with Crippen molar-refractivity contribution >= 4 is 54.5 Å².